The van der Waals surface area contributed by atoms with Crippen molar-refractivity contribution in [2.45, 2.75) is 13.3 Å². The Morgan fingerprint density at radius 3 is 2.67 bits per heavy atom. The van der Waals surface area contributed by atoms with E-state index in [0.717, 1.165) is 16.8 Å². The molecule has 1 heterocycles. The number of benzene rings is 1. The highest BCUT2D eigenvalue weighted by molar-refractivity contribution is 7.09. The van der Waals surface area contributed by atoms with Crippen molar-refractivity contribution in [3.63, 3.8) is 0 Å². The lowest BCUT2D eigenvalue weighted by Gasteiger charge is -2.07. The molecule has 0 aliphatic heterocycles. The number of hydrogen-bond acceptors (Lipinski definition) is 3. The van der Waals surface area contributed by atoms with Crippen LogP contribution in [-0.2, 0) is 6.42 Å². The fourth-order valence-electron chi connectivity index (χ4n) is 1.48. The summed E-state index contributed by atoms with van der Waals surface area (Å²) in [6.07, 6.45) is 0.608. The molecule has 96 valence electrons. The van der Waals surface area contributed by atoms with Gasteiger partial charge in [-0.25, -0.2) is 18.2 Å². The molecule has 0 aliphatic carbocycles. The van der Waals surface area contributed by atoms with Crippen molar-refractivity contribution in [2.24, 2.45) is 0 Å². The molecule has 1 N–H and O–H groups in total. The zero-order valence-corrected chi connectivity index (χ0v) is 10.5. The van der Waals surface area contributed by atoms with Gasteiger partial charge in [0, 0.05) is 24.0 Å². The lowest BCUT2D eigenvalue weighted by Crippen LogP contribution is -2.07. The van der Waals surface area contributed by atoms with Crippen LogP contribution in [0, 0.1) is 24.4 Å². The van der Waals surface area contributed by atoms with Gasteiger partial charge in [0.05, 0.1) is 10.7 Å². The molecule has 6 heteroatoms. The van der Waals surface area contributed by atoms with E-state index in [4.69, 9.17) is 0 Å². The van der Waals surface area contributed by atoms with Crippen molar-refractivity contribution < 1.29 is 13.2 Å². The Bertz CT molecular complexity index is 554. The van der Waals surface area contributed by atoms with Crippen LogP contribution in [0.3, 0.4) is 0 Å². The van der Waals surface area contributed by atoms with Gasteiger partial charge >= 0.3 is 0 Å². The molecule has 1 aromatic heterocycles. The molecule has 0 spiro atoms. The number of nitrogens with zero attached hydrogens (tertiary/aromatic N) is 1. The van der Waals surface area contributed by atoms with Crippen LogP contribution in [0.5, 0.6) is 0 Å². The lowest BCUT2D eigenvalue weighted by molar-refractivity contribution is 0.449. The second kappa shape index (κ2) is 5.39. The van der Waals surface area contributed by atoms with E-state index in [2.05, 4.69) is 10.3 Å². The number of rotatable bonds is 4. The molecule has 0 radical (unpaired) electrons. The molecule has 0 saturated carbocycles. The summed E-state index contributed by atoms with van der Waals surface area (Å²) >= 11 is 1.52. The van der Waals surface area contributed by atoms with E-state index in [1.54, 1.807) is 0 Å². The van der Waals surface area contributed by atoms with E-state index < -0.39 is 17.5 Å². The standard InChI is InChI=1S/C12H11F3N2S/c1-7-6-18-10(17-7)4-5-16-9-3-2-8(13)11(14)12(9)15/h2-3,6,16H,4-5H2,1H3. The Labute approximate surface area is 106 Å². The lowest BCUT2D eigenvalue weighted by atomic mass is 10.2. The Morgan fingerprint density at radius 1 is 1.22 bits per heavy atom. The summed E-state index contributed by atoms with van der Waals surface area (Å²) in [7, 11) is 0. The molecule has 1 aromatic carbocycles. The van der Waals surface area contributed by atoms with Crippen molar-refractivity contribution >= 4 is 17.0 Å². The summed E-state index contributed by atoms with van der Waals surface area (Å²) in [6, 6.07) is 2.08. The number of anilines is 1. The molecule has 0 fully saturated rings. The number of halogens is 3. The van der Waals surface area contributed by atoms with Gasteiger partial charge in [-0.15, -0.1) is 11.3 Å². The third-order valence-electron chi connectivity index (χ3n) is 2.36. The van der Waals surface area contributed by atoms with Gasteiger partial charge in [-0.2, -0.15) is 0 Å². The van der Waals surface area contributed by atoms with Crippen LogP contribution in [-0.4, -0.2) is 11.5 Å². The van der Waals surface area contributed by atoms with E-state index in [1.807, 2.05) is 12.3 Å². The fraction of sp³-hybridized carbons (Fsp3) is 0.250. The van der Waals surface area contributed by atoms with E-state index in [9.17, 15) is 13.2 Å². The number of thiazole rings is 1. The smallest absolute Gasteiger partial charge is 0.196 e. The number of nitrogens with one attached hydrogen (secondary N) is 1. The molecular weight excluding hydrogens is 261 g/mol. The van der Waals surface area contributed by atoms with Gasteiger partial charge in [0.25, 0.3) is 0 Å². The number of aryl methyl sites for hydroxylation is 1. The molecule has 0 amide bonds. The normalized spacial score (nSPS) is 10.7. The zero-order valence-electron chi connectivity index (χ0n) is 9.64. The Hall–Kier alpha value is -1.56. The first kappa shape index (κ1) is 12.9. The third kappa shape index (κ3) is 2.81. The summed E-state index contributed by atoms with van der Waals surface area (Å²) in [5, 5.41) is 5.57. The van der Waals surface area contributed by atoms with Crippen LogP contribution in [0.25, 0.3) is 0 Å². The molecule has 0 bridgehead atoms. The molecule has 18 heavy (non-hydrogen) atoms. The van der Waals surface area contributed by atoms with Gasteiger partial charge < -0.3 is 5.32 Å². The molecule has 0 saturated heterocycles. The SMILES string of the molecule is Cc1csc(CCNc2ccc(F)c(F)c2F)n1. The van der Waals surface area contributed by atoms with Crippen molar-refractivity contribution in [2.75, 3.05) is 11.9 Å². The summed E-state index contributed by atoms with van der Waals surface area (Å²) in [5.74, 6) is -3.83. The minimum Gasteiger partial charge on any atom is -0.382 e. The van der Waals surface area contributed by atoms with Crippen LogP contribution in [0.4, 0.5) is 18.9 Å². The summed E-state index contributed by atoms with van der Waals surface area (Å²) in [5.41, 5.74) is 0.899. The molecule has 0 aliphatic rings. The quantitative estimate of drug-likeness (QED) is 0.861. The van der Waals surface area contributed by atoms with Gasteiger partial charge in [0.1, 0.15) is 0 Å². The topological polar surface area (TPSA) is 24.9 Å². The first-order chi connectivity index (χ1) is 8.58. The van der Waals surface area contributed by atoms with Crippen LogP contribution < -0.4 is 5.32 Å². The molecule has 0 unspecified atom stereocenters. The predicted octanol–water partition coefficient (Wildman–Crippen LogP) is 3.52. The average Bonchev–Trinajstić information content (AvgIpc) is 2.75. The summed E-state index contributed by atoms with van der Waals surface area (Å²) < 4.78 is 38.9. The number of hydrogen-bond donors (Lipinski definition) is 1. The van der Waals surface area contributed by atoms with E-state index in [1.165, 1.54) is 17.4 Å². The maximum absolute atomic E-state index is 13.3. The maximum atomic E-state index is 13.3. The fourth-order valence-corrected chi connectivity index (χ4v) is 2.26. The van der Waals surface area contributed by atoms with Crippen LogP contribution in [0.1, 0.15) is 10.7 Å². The van der Waals surface area contributed by atoms with Gasteiger partial charge in [0.2, 0.25) is 0 Å². The van der Waals surface area contributed by atoms with Gasteiger partial charge in [-0.1, -0.05) is 0 Å². The minimum absolute atomic E-state index is 0.0396. The molecule has 2 nitrogen and oxygen atoms in total. The second-order valence-corrected chi connectivity index (χ2v) is 4.72. The van der Waals surface area contributed by atoms with E-state index in [0.29, 0.717) is 13.0 Å². The summed E-state index contributed by atoms with van der Waals surface area (Å²) in [4.78, 5) is 4.25. The van der Waals surface area contributed by atoms with Gasteiger partial charge in [-0.3, -0.25) is 0 Å². The van der Waals surface area contributed by atoms with Crippen molar-refractivity contribution in [3.8, 4) is 0 Å². The van der Waals surface area contributed by atoms with Crippen LogP contribution in [0.15, 0.2) is 17.5 Å². The van der Waals surface area contributed by atoms with E-state index in [-0.39, 0.29) is 5.69 Å². The highest BCUT2D eigenvalue weighted by Crippen LogP contribution is 2.19. The molecule has 2 aromatic rings. The zero-order chi connectivity index (χ0) is 13.1. The van der Waals surface area contributed by atoms with Crippen molar-refractivity contribution in [1.82, 2.24) is 4.98 Å². The Balaban J connectivity index is 1.96. The van der Waals surface area contributed by atoms with Gasteiger partial charge in [-0.05, 0) is 19.1 Å². The monoisotopic (exact) mass is 272 g/mol. The second-order valence-electron chi connectivity index (χ2n) is 3.78. The van der Waals surface area contributed by atoms with Gasteiger partial charge in [0.15, 0.2) is 17.5 Å². The molecular formula is C12H11F3N2S. The molecule has 2 rings (SSSR count). The average molecular weight is 272 g/mol. The Morgan fingerprint density at radius 2 is 2.00 bits per heavy atom. The first-order valence-corrected chi connectivity index (χ1v) is 6.24. The largest absolute Gasteiger partial charge is 0.382 e. The first-order valence-electron chi connectivity index (χ1n) is 5.36. The highest BCUT2D eigenvalue weighted by atomic mass is 32.1. The third-order valence-corrected chi connectivity index (χ3v) is 3.38. The minimum atomic E-state index is -1.45. The maximum Gasteiger partial charge on any atom is 0.196 e. The Kier molecular flexibility index (Phi) is 3.86. The predicted molar refractivity (Wildman–Crippen MR) is 65.4 cm³/mol. The van der Waals surface area contributed by atoms with Crippen LogP contribution >= 0.6 is 11.3 Å². The van der Waals surface area contributed by atoms with E-state index >= 15 is 0 Å². The number of aromatic nitrogens is 1. The van der Waals surface area contributed by atoms with Crippen molar-refractivity contribution in [1.29, 1.82) is 0 Å². The van der Waals surface area contributed by atoms with Crippen molar-refractivity contribution in [3.05, 3.63) is 45.7 Å². The van der Waals surface area contributed by atoms with Crippen LogP contribution in [0.2, 0.25) is 0 Å². The summed E-state index contributed by atoms with van der Waals surface area (Å²) in [6.45, 7) is 2.30. The molecule has 0 atom stereocenters. The highest BCUT2D eigenvalue weighted by Gasteiger charge is 2.12.